The van der Waals surface area contributed by atoms with Crippen LogP contribution >= 0.6 is 24.0 Å². The lowest BCUT2D eigenvalue weighted by atomic mass is 10.1. The number of hydrogen-bond donors (Lipinski definition) is 4. The molecule has 0 spiro atoms. The number of urea groups is 1. The van der Waals surface area contributed by atoms with Crippen LogP contribution in [0.1, 0.15) is 39.2 Å². The topological polar surface area (TPSA) is 121 Å². The molecule has 1 aromatic carbocycles. The summed E-state index contributed by atoms with van der Waals surface area (Å²) in [5.74, 6) is 0.387. The SMILES string of the molecule is CCOC(=O)N1CCC(NC(N)=NCc2ccc(NC(=O)NC(C)C)cc2)CC1.I. The van der Waals surface area contributed by atoms with Gasteiger partial charge in [0, 0.05) is 30.9 Å². The molecule has 1 aromatic rings. The molecule has 0 aliphatic carbocycles. The van der Waals surface area contributed by atoms with Gasteiger partial charge in [-0.2, -0.15) is 0 Å². The number of likely N-dealkylation sites (tertiary alicyclic amines) is 1. The van der Waals surface area contributed by atoms with E-state index in [0.717, 1.165) is 24.1 Å². The van der Waals surface area contributed by atoms with E-state index in [9.17, 15) is 9.59 Å². The number of halogens is 1. The zero-order valence-electron chi connectivity index (χ0n) is 17.8. The first-order valence-electron chi connectivity index (χ1n) is 10.0. The molecule has 3 amide bonds. The Bertz CT molecular complexity index is 703. The molecule has 168 valence electrons. The second-order valence-corrected chi connectivity index (χ2v) is 7.26. The van der Waals surface area contributed by atoms with Crippen molar-refractivity contribution >= 4 is 47.7 Å². The maximum atomic E-state index is 11.7. The van der Waals surface area contributed by atoms with E-state index in [4.69, 9.17) is 10.5 Å². The predicted molar refractivity (Wildman–Crippen MR) is 129 cm³/mol. The van der Waals surface area contributed by atoms with E-state index < -0.39 is 0 Å². The van der Waals surface area contributed by atoms with Gasteiger partial charge in [-0.15, -0.1) is 24.0 Å². The third-order valence-corrected chi connectivity index (χ3v) is 4.44. The first-order valence-corrected chi connectivity index (χ1v) is 10.0. The Labute approximate surface area is 195 Å². The van der Waals surface area contributed by atoms with Crippen molar-refractivity contribution in [3.63, 3.8) is 0 Å². The van der Waals surface area contributed by atoms with Crippen molar-refractivity contribution in [2.75, 3.05) is 25.0 Å². The van der Waals surface area contributed by atoms with E-state index in [2.05, 4.69) is 20.9 Å². The third-order valence-electron chi connectivity index (χ3n) is 4.44. The Morgan fingerprint density at radius 1 is 1.23 bits per heavy atom. The Kier molecular flexibility index (Phi) is 11.3. The van der Waals surface area contributed by atoms with Crippen LogP contribution in [-0.2, 0) is 11.3 Å². The first kappa shape index (κ1) is 25.8. The van der Waals surface area contributed by atoms with Crippen LogP contribution in [-0.4, -0.2) is 54.8 Å². The van der Waals surface area contributed by atoms with Gasteiger partial charge >= 0.3 is 12.1 Å². The maximum Gasteiger partial charge on any atom is 0.409 e. The molecule has 1 aliphatic rings. The van der Waals surface area contributed by atoms with Gasteiger partial charge in [0.2, 0.25) is 0 Å². The van der Waals surface area contributed by atoms with Gasteiger partial charge in [-0.25, -0.2) is 14.6 Å². The first-order chi connectivity index (χ1) is 13.9. The summed E-state index contributed by atoms with van der Waals surface area (Å²) in [6.07, 6.45) is 1.34. The number of hydrogen-bond acceptors (Lipinski definition) is 4. The molecule has 0 radical (unpaired) electrons. The van der Waals surface area contributed by atoms with Crippen molar-refractivity contribution in [2.24, 2.45) is 10.7 Å². The number of carbonyl (C=O) groups is 2. The van der Waals surface area contributed by atoms with Crippen molar-refractivity contribution < 1.29 is 14.3 Å². The van der Waals surface area contributed by atoms with Crippen LogP contribution in [0.15, 0.2) is 29.3 Å². The van der Waals surface area contributed by atoms with Gasteiger partial charge in [0.1, 0.15) is 0 Å². The molecule has 1 saturated heterocycles. The van der Waals surface area contributed by atoms with Crippen molar-refractivity contribution in [1.82, 2.24) is 15.5 Å². The van der Waals surface area contributed by atoms with Crippen LogP contribution in [0.2, 0.25) is 0 Å². The molecular weight excluding hydrogens is 499 g/mol. The Hall–Kier alpha value is -2.24. The molecule has 9 nitrogen and oxygen atoms in total. The number of nitrogens with two attached hydrogens (primary N) is 1. The number of piperidine rings is 1. The van der Waals surface area contributed by atoms with Gasteiger partial charge in [0.05, 0.1) is 13.2 Å². The van der Waals surface area contributed by atoms with Crippen LogP contribution in [0.5, 0.6) is 0 Å². The zero-order valence-corrected chi connectivity index (χ0v) is 20.1. The number of nitrogens with zero attached hydrogens (tertiary/aromatic N) is 2. The molecule has 0 saturated carbocycles. The molecular formula is C20H33IN6O3. The van der Waals surface area contributed by atoms with Crippen molar-refractivity contribution in [3.8, 4) is 0 Å². The second kappa shape index (κ2) is 13.1. The molecule has 0 aromatic heterocycles. The lowest BCUT2D eigenvalue weighted by molar-refractivity contribution is 0.0963. The molecule has 10 heteroatoms. The number of guanidine groups is 1. The number of rotatable bonds is 6. The van der Waals surface area contributed by atoms with Crippen LogP contribution in [0.25, 0.3) is 0 Å². The van der Waals surface area contributed by atoms with E-state index in [-0.39, 0.29) is 48.2 Å². The largest absolute Gasteiger partial charge is 0.450 e. The number of nitrogens with one attached hydrogen (secondary N) is 3. The highest BCUT2D eigenvalue weighted by Crippen LogP contribution is 2.12. The van der Waals surface area contributed by atoms with Gasteiger partial charge in [-0.05, 0) is 51.3 Å². The Balaban J connectivity index is 0.00000450. The molecule has 1 aliphatic heterocycles. The van der Waals surface area contributed by atoms with E-state index >= 15 is 0 Å². The zero-order chi connectivity index (χ0) is 21.2. The molecule has 1 fully saturated rings. The highest BCUT2D eigenvalue weighted by molar-refractivity contribution is 14.0. The Morgan fingerprint density at radius 3 is 2.43 bits per heavy atom. The molecule has 0 bridgehead atoms. The summed E-state index contributed by atoms with van der Waals surface area (Å²) >= 11 is 0. The summed E-state index contributed by atoms with van der Waals surface area (Å²) in [4.78, 5) is 29.5. The lowest BCUT2D eigenvalue weighted by Crippen LogP contribution is -2.48. The summed E-state index contributed by atoms with van der Waals surface area (Å²) < 4.78 is 5.02. The van der Waals surface area contributed by atoms with Gasteiger partial charge in [-0.3, -0.25) is 0 Å². The van der Waals surface area contributed by atoms with Crippen LogP contribution in [0, 0.1) is 0 Å². The monoisotopic (exact) mass is 532 g/mol. The van der Waals surface area contributed by atoms with Gasteiger partial charge in [-0.1, -0.05) is 12.1 Å². The number of ether oxygens (including phenoxy) is 1. The number of amides is 3. The fraction of sp³-hybridized carbons (Fsp3) is 0.550. The molecule has 2 rings (SSSR count). The summed E-state index contributed by atoms with van der Waals surface area (Å²) in [7, 11) is 0. The highest BCUT2D eigenvalue weighted by atomic mass is 127. The van der Waals surface area contributed by atoms with E-state index in [1.807, 2.05) is 38.1 Å². The summed E-state index contributed by atoms with van der Waals surface area (Å²) in [6, 6.07) is 7.51. The summed E-state index contributed by atoms with van der Waals surface area (Å²) in [5, 5.41) is 8.77. The fourth-order valence-corrected chi connectivity index (χ4v) is 2.98. The number of carbonyl (C=O) groups excluding carboxylic acids is 2. The van der Waals surface area contributed by atoms with Gasteiger partial charge in [0.25, 0.3) is 0 Å². The highest BCUT2D eigenvalue weighted by Gasteiger charge is 2.23. The van der Waals surface area contributed by atoms with Crippen molar-refractivity contribution in [2.45, 2.75) is 52.2 Å². The quantitative estimate of drug-likeness (QED) is 0.255. The number of aliphatic imine (C=N–C) groups is 1. The average Bonchev–Trinajstić information content (AvgIpc) is 2.67. The standard InChI is InChI=1S/C20H32N6O3.HI/c1-4-29-20(28)26-11-9-17(10-12-26)24-18(21)22-13-15-5-7-16(8-6-15)25-19(27)23-14(2)3;/h5-8,14,17H,4,9-13H2,1-3H3,(H3,21,22,24)(H2,23,25,27);1H. The van der Waals surface area contributed by atoms with Crippen molar-refractivity contribution in [1.29, 1.82) is 0 Å². The summed E-state index contributed by atoms with van der Waals surface area (Å²) in [5.41, 5.74) is 7.71. The van der Waals surface area contributed by atoms with Gasteiger partial charge < -0.3 is 31.3 Å². The van der Waals surface area contributed by atoms with E-state index in [1.165, 1.54) is 0 Å². The minimum Gasteiger partial charge on any atom is -0.450 e. The maximum absolute atomic E-state index is 11.7. The minimum atomic E-state index is -0.257. The number of benzene rings is 1. The average molecular weight is 532 g/mol. The smallest absolute Gasteiger partial charge is 0.409 e. The van der Waals surface area contributed by atoms with E-state index in [0.29, 0.717) is 32.2 Å². The lowest BCUT2D eigenvalue weighted by Gasteiger charge is -2.31. The van der Waals surface area contributed by atoms with Crippen LogP contribution < -0.4 is 21.7 Å². The second-order valence-electron chi connectivity index (χ2n) is 7.26. The molecule has 5 N–H and O–H groups in total. The van der Waals surface area contributed by atoms with Crippen molar-refractivity contribution in [3.05, 3.63) is 29.8 Å². The molecule has 0 atom stereocenters. The predicted octanol–water partition coefficient (Wildman–Crippen LogP) is 2.86. The van der Waals surface area contributed by atoms with Gasteiger partial charge in [0.15, 0.2) is 5.96 Å². The van der Waals surface area contributed by atoms with Crippen LogP contribution in [0.3, 0.4) is 0 Å². The summed E-state index contributed by atoms with van der Waals surface area (Å²) in [6.45, 7) is 7.73. The third kappa shape index (κ3) is 9.06. The Morgan fingerprint density at radius 2 is 1.87 bits per heavy atom. The molecule has 30 heavy (non-hydrogen) atoms. The number of anilines is 1. The fourth-order valence-electron chi connectivity index (χ4n) is 2.98. The normalized spacial score (nSPS) is 14.7. The van der Waals surface area contributed by atoms with E-state index in [1.54, 1.807) is 11.8 Å². The minimum absolute atomic E-state index is 0. The van der Waals surface area contributed by atoms with Crippen LogP contribution in [0.4, 0.5) is 15.3 Å². The molecule has 0 unspecified atom stereocenters. The molecule has 1 heterocycles.